The SMILES string of the molecule is COc1ccc(CCC(=O)N2CCCN(C(=O)c3cccc(Cn4nc(C)cc4C)c3)CC2)cc1. The standard InChI is InChI=1S/C28H34N4O3/c1-21-18-22(2)32(29-21)20-24-6-4-7-25(19-24)28(34)31-15-5-14-30(16-17-31)27(33)13-10-23-8-11-26(35-3)12-9-23/h4,6-9,11-12,18-19H,5,10,13-17,20H2,1-3H3. The number of carbonyl (C=O) groups is 2. The van der Waals surface area contributed by atoms with Crippen LogP contribution in [0.15, 0.2) is 54.6 Å². The highest BCUT2D eigenvalue weighted by Gasteiger charge is 2.23. The zero-order chi connectivity index (χ0) is 24.8. The fraction of sp³-hybridized carbons (Fsp3) is 0.393. The Balaban J connectivity index is 1.32. The molecule has 2 heterocycles. The molecule has 0 N–H and O–H groups in total. The van der Waals surface area contributed by atoms with E-state index in [2.05, 4.69) is 11.2 Å². The molecule has 1 aromatic heterocycles. The van der Waals surface area contributed by atoms with Gasteiger partial charge in [0.2, 0.25) is 5.91 Å². The van der Waals surface area contributed by atoms with E-state index >= 15 is 0 Å². The smallest absolute Gasteiger partial charge is 0.253 e. The topological polar surface area (TPSA) is 67.7 Å². The number of hydrogen-bond acceptors (Lipinski definition) is 4. The normalized spacial score (nSPS) is 14.0. The van der Waals surface area contributed by atoms with Gasteiger partial charge in [0.05, 0.1) is 19.3 Å². The van der Waals surface area contributed by atoms with Crippen molar-refractivity contribution in [1.82, 2.24) is 19.6 Å². The van der Waals surface area contributed by atoms with Crippen LogP contribution in [0.3, 0.4) is 0 Å². The summed E-state index contributed by atoms with van der Waals surface area (Å²) in [7, 11) is 1.64. The number of aromatic nitrogens is 2. The molecular formula is C28H34N4O3. The van der Waals surface area contributed by atoms with E-state index in [0.717, 1.165) is 34.7 Å². The molecule has 0 atom stereocenters. The molecule has 2 aromatic carbocycles. The molecule has 4 rings (SSSR count). The summed E-state index contributed by atoms with van der Waals surface area (Å²) in [4.78, 5) is 29.9. The molecule has 184 valence electrons. The maximum atomic E-state index is 13.3. The number of ether oxygens (including phenoxy) is 1. The van der Waals surface area contributed by atoms with Crippen molar-refractivity contribution in [3.8, 4) is 5.75 Å². The summed E-state index contributed by atoms with van der Waals surface area (Å²) >= 11 is 0. The Hall–Kier alpha value is -3.61. The van der Waals surface area contributed by atoms with Gasteiger partial charge in [0.25, 0.3) is 5.91 Å². The molecular weight excluding hydrogens is 440 g/mol. The van der Waals surface area contributed by atoms with E-state index in [1.807, 2.05) is 76.9 Å². The number of rotatable bonds is 7. The molecule has 0 radical (unpaired) electrons. The molecule has 0 unspecified atom stereocenters. The summed E-state index contributed by atoms with van der Waals surface area (Å²) in [5.41, 5.74) is 4.94. The second-order valence-corrected chi connectivity index (χ2v) is 9.16. The number of carbonyl (C=O) groups excluding carboxylic acids is 2. The average molecular weight is 475 g/mol. The molecule has 35 heavy (non-hydrogen) atoms. The van der Waals surface area contributed by atoms with E-state index < -0.39 is 0 Å². The van der Waals surface area contributed by atoms with Crippen molar-refractivity contribution in [2.75, 3.05) is 33.3 Å². The molecule has 0 spiro atoms. The van der Waals surface area contributed by atoms with Gasteiger partial charge in [0.1, 0.15) is 5.75 Å². The minimum Gasteiger partial charge on any atom is -0.497 e. The first-order valence-corrected chi connectivity index (χ1v) is 12.2. The van der Waals surface area contributed by atoms with Crippen LogP contribution in [0.4, 0.5) is 0 Å². The molecule has 2 amide bonds. The predicted molar refractivity (Wildman–Crippen MR) is 136 cm³/mol. The van der Waals surface area contributed by atoms with Gasteiger partial charge in [0, 0.05) is 43.9 Å². The van der Waals surface area contributed by atoms with Gasteiger partial charge in [0.15, 0.2) is 0 Å². The first-order valence-electron chi connectivity index (χ1n) is 12.2. The lowest BCUT2D eigenvalue weighted by molar-refractivity contribution is -0.131. The Bertz CT molecular complexity index is 1170. The van der Waals surface area contributed by atoms with Crippen LogP contribution in [0.25, 0.3) is 0 Å². The maximum absolute atomic E-state index is 13.3. The first-order chi connectivity index (χ1) is 16.9. The van der Waals surface area contributed by atoms with Gasteiger partial charge in [-0.3, -0.25) is 14.3 Å². The van der Waals surface area contributed by atoms with Crippen molar-refractivity contribution in [2.24, 2.45) is 0 Å². The van der Waals surface area contributed by atoms with E-state index in [9.17, 15) is 9.59 Å². The first kappa shape index (κ1) is 24.5. The van der Waals surface area contributed by atoms with Gasteiger partial charge in [-0.25, -0.2) is 0 Å². The van der Waals surface area contributed by atoms with Crippen LogP contribution in [0.5, 0.6) is 5.75 Å². The van der Waals surface area contributed by atoms with E-state index in [1.54, 1.807) is 7.11 Å². The Morgan fingerprint density at radius 1 is 0.914 bits per heavy atom. The second kappa shape index (κ2) is 11.2. The van der Waals surface area contributed by atoms with Crippen molar-refractivity contribution >= 4 is 11.8 Å². The van der Waals surface area contributed by atoms with Crippen molar-refractivity contribution < 1.29 is 14.3 Å². The molecule has 1 aliphatic rings. The third kappa shape index (κ3) is 6.29. The zero-order valence-electron chi connectivity index (χ0n) is 20.9. The maximum Gasteiger partial charge on any atom is 0.253 e. The molecule has 0 aliphatic carbocycles. The van der Waals surface area contributed by atoms with E-state index in [-0.39, 0.29) is 11.8 Å². The van der Waals surface area contributed by atoms with Gasteiger partial charge in [-0.1, -0.05) is 24.3 Å². The van der Waals surface area contributed by atoms with Crippen LogP contribution in [0.2, 0.25) is 0 Å². The third-order valence-corrected chi connectivity index (χ3v) is 6.53. The predicted octanol–water partition coefficient (Wildman–Crippen LogP) is 3.86. The number of benzene rings is 2. The van der Waals surface area contributed by atoms with Gasteiger partial charge in [-0.05, 0) is 68.1 Å². The van der Waals surface area contributed by atoms with Crippen molar-refractivity contribution in [3.05, 3.63) is 82.7 Å². The summed E-state index contributed by atoms with van der Waals surface area (Å²) < 4.78 is 7.15. The van der Waals surface area contributed by atoms with Crippen LogP contribution in [-0.4, -0.2) is 64.7 Å². The Kier molecular flexibility index (Phi) is 7.85. The highest BCUT2D eigenvalue weighted by atomic mass is 16.5. The molecule has 0 bridgehead atoms. The van der Waals surface area contributed by atoms with Crippen LogP contribution in [0.1, 0.15) is 45.7 Å². The summed E-state index contributed by atoms with van der Waals surface area (Å²) in [5, 5.41) is 4.53. The quantitative estimate of drug-likeness (QED) is 0.522. The second-order valence-electron chi connectivity index (χ2n) is 9.16. The van der Waals surface area contributed by atoms with Crippen molar-refractivity contribution in [1.29, 1.82) is 0 Å². The van der Waals surface area contributed by atoms with E-state index in [1.165, 1.54) is 0 Å². The highest BCUT2D eigenvalue weighted by molar-refractivity contribution is 5.94. The monoisotopic (exact) mass is 474 g/mol. The summed E-state index contributed by atoms with van der Waals surface area (Å²) in [6.45, 7) is 7.11. The number of methoxy groups -OCH3 is 1. The van der Waals surface area contributed by atoms with E-state index in [4.69, 9.17) is 4.74 Å². The fourth-order valence-corrected chi connectivity index (χ4v) is 4.56. The number of hydrogen-bond donors (Lipinski definition) is 0. The largest absolute Gasteiger partial charge is 0.497 e. The van der Waals surface area contributed by atoms with Gasteiger partial charge < -0.3 is 14.5 Å². The number of aryl methyl sites for hydroxylation is 3. The van der Waals surface area contributed by atoms with Gasteiger partial charge >= 0.3 is 0 Å². The lowest BCUT2D eigenvalue weighted by atomic mass is 10.1. The summed E-state index contributed by atoms with van der Waals surface area (Å²) in [6, 6.07) is 17.7. The fourth-order valence-electron chi connectivity index (χ4n) is 4.56. The van der Waals surface area contributed by atoms with E-state index in [0.29, 0.717) is 51.1 Å². The lowest BCUT2D eigenvalue weighted by Gasteiger charge is -2.22. The minimum absolute atomic E-state index is 0.0211. The highest BCUT2D eigenvalue weighted by Crippen LogP contribution is 2.16. The molecule has 1 fully saturated rings. The van der Waals surface area contributed by atoms with Crippen LogP contribution in [0, 0.1) is 13.8 Å². The third-order valence-electron chi connectivity index (χ3n) is 6.53. The van der Waals surface area contributed by atoms with Crippen molar-refractivity contribution in [3.63, 3.8) is 0 Å². The lowest BCUT2D eigenvalue weighted by Crippen LogP contribution is -2.37. The average Bonchev–Trinajstić information content (AvgIpc) is 3.04. The molecule has 0 saturated carbocycles. The Morgan fingerprint density at radius 3 is 2.37 bits per heavy atom. The number of nitrogens with zero attached hydrogens (tertiary/aromatic N) is 4. The summed E-state index contributed by atoms with van der Waals surface area (Å²) in [6.07, 6.45) is 1.95. The van der Waals surface area contributed by atoms with Gasteiger partial charge in [-0.2, -0.15) is 5.10 Å². The molecule has 7 nitrogen and oxygen atoms in total. The minimum atomic E-state index is 0.0211. The molecule has 7 heteroatoms. The molecule has 1 saturated heterocycles. The van der Waals surface area contributed by atoms with Gasteiger partial charge in [-0.15, -0.1) is 0 Å². The van der Waals surface area contributed by atoms with Crippen LogP contribution < -0.4 is 4.74 Å². The van der Waals surface area contributed by atoms with Crippen LogP contribution >= 0.6 is 0 Å². The number of amides is 2. The summed E-state index contributed by atoms with van der Waals surface area (Å²) in [5.74, 6) is 0.976. The molecule has 3 aromatic rings. The Morgan fingerprint density at radius 2 is 1.66 bits per heavy atom. The Labute approximate surface area is 207 Å². The zero-order valence-corrected chi connectivity index (χ0v) is 20.9. The van der Waals surface area contributed by atoms with Crippen molar-refractivity contribution in [2.45, 2.75) is 39.7 Å². The van der Waals surface area contributed by atoms with Crippen LogP contribution in [-0.2, 0) is 17.8 Å². The molecule has 1 aliphatic heterocycles.